The highest BCUT2D eigenvalue weighted by Gasteiger charge is 2.18. The lowest BCUT2D eigenvalue weighted by atomic mass is 9.93. The second kappa shape index (κ2) is 8.55. The lowest BCUT2D eigenvalue weighted by Crippen LogP contribution is -2.37. The van der Waals surface area contributed by atoms with Crippen molar-refractivity contribution in [1.29, 1.82) is 0 Å². The number of hydrogen-bond donors (Lipinski definition) is 1. The zero-order valence-corrected chi connectivity index (χ0v) is 15.1. The first-order chi connectivity index (χ1) is 9.92. The summed E-state index contributed by atoms with van der Waals surface area (Å²) in [5, 5.41) is 3.53. The molecule has 21 heavy (non-hydrogen) atoms. The van der Waals surface area contributed by atoms with Gasteiger partial charge in [0.2, 0.25) is 0 Å². The van der Waals surface area contributed by atoms with E-state index in [9.17, 15) is 0 Å². The minimum Gasteiger partial charge on any atom is -0.312 e. The summed E-state index contributed by atoms with van der Waals surface area (Å²) in [6.07, 6.45) is 1.25. The molecule has 0 saturated heterocycles. The first kappa shape index (κ1) is 18.2. The molecule has 120 valence electrons. The van der Waals surface area contributed by atoms with Gasteiger partial charge in [0.05, 0.1) is 0 Å². The van der Waals surface area contributed by atoms with Crippen LogP contribution in [0.3, 0.4) is 0 Å². The van der Waals surface area contributed by atoms with Crippen molar-refractivity contribution in [1.82, 2.24) is 10.2 Å². The SMILES string of the molecule is CCC(C)CN(CC)CC(NC)c1c(C)cc(C)cc1C. The number of hydrogen-bond acceptors (Lipinski definition) is 2. The van der Waals surface area contributed by atoms with Crippen LogP contribution in [0.4, 0.5) is 0 Å². The van der Waals surface area contributed by atoms with E-state index in [1.807, 2.05) is 0 Å². The average Bonchev–Trinajstić information content (AvgIpc) is 2.43. The third-order valence-corrected chi connectivity index (χ3v) is 4.59. The van der Waals surface area contributed by atoms with E-state index >= 15 is 0 Å². The van der Waals surface area contributed by atoms with Gasteiger partial charge in [-0.25, -0.2) is 0 Å². The summed E-state index contributed by atoms with van der Waals surface area (Å²) >= 11 is 0. The van der Waals surface area contributed by atoms with Crippen LogP contribution in [-0.2, 0) is 0 Å². The van der Waals surface area contributed by atoms with E-state index in [0.29, 0.717) is 6.04 Å². The maximum absolute atomic E-state index is 3.53. The highest BCUT2D eigenvalue weighted by atomic mass is 15.1. The Hall–Kier alpha value is -0.860. The van der Waals surface area contributed by atoms with Crippen LogP contribution in [0.5, 0.6) is 0 Å². The summed E-state index contributed by atoms with van der Waals surface area (Å²) in [5.41, 5.74) is 5.65. The van der Waals surface area contributed by atoms with Crippen LogP contribution in [0.1, 0.15) is 55.5 Å². The normalized spacial score (nSPS) is 14.5. The number of benzene rings is 1. The Bertz CT molecular complexity index is 416. The van der Waals surface area contributed by atoms with E-state index in [1.165, 1.54) is 35.2 Å². The fraction of sp³-hybridized carbons (Fsp3) is 0.684. The Morgan fingerprint density at radius 3 is 2.05 bits per heavy atom. The maximum atomic E-state index is 3.53. The molecule has 0 aliphatic rings. The average molecular weight is 290 g/mol. The molecule has 0 aliphatic carbocycles. The minimum atomic E-state index is 0.412. The van der Waals surface area contributed by atoms with Crippen LogP contribution in [0, 0.1) is 26.7 Å². The molecule has 0 spiro atoms. The molecule has 0 fully saturated rings. The van der Waals surface area contributed by atoms with Gasteiger partial charge in [0, 0.05) is 19.1 Å². The van der Waals surface area contributed by atoms with Gasteiger partial charge in [0.1, 0.15) is 0 Å². The molecule has 2 nitrogen and oxygen atoms in total. The van der Waals surface area contributed by atoms with Crippen LogP contribution in [0.25, 0.3) is 0 Å². The molecular weight excluding hydrogens is 256 g/mol. The molecule has 1 rings (SSSR count). The molecule has 0 heterocycles. The van der Waals surface area contributed by atoms with Crippen molar-refractivity contribution >= 4 is 0 Å². The smallest absolute Gasteiger partial charge is 0.0452 e. The molecular formula is C19H34N2. The zero-order valence-electron chi connectivity index (χ0n) is 15.1. The van der Waals surface area contributed by atoms with Gasteiger partial charge >= 0.3 is 0 Å². The molecule has 1 N–H and O–H groups in total. The molecule has 0 radical (unpaired) electrons. The van der Waals surface area contributed by atoms with Gasteiger partial charge in [-0.3, -0.25) is 0 Å². The molecule has 0 aliphatic heterocycles. The standard InChI is InChI=1S/C19H34N2/c1-8-14(3)12-21(9-2)13-18(20-7)19-16(5)10-15(4)11-17(19)6/h10-11,14,18,20H,8-9,12-13H2,1-7H3. The molecule has 0 amide bonds. The van der Waals surface area contributed by atoms with Gasteiger partial charge in [0.25, 0.3) is 0 Å². The fourth-order valence-corrected chi connectivity index (χ4v) is 3.23. The molecule has 0 bridgehead atoms. The molecule has 0 aromatic heterocycles. The topological polar surface area (TPSA) is 15.3 Å². The number of nitrogens with zero attached hydrogens (tertiary/aromatic N) is 1. The van der Waals surface area contributed by atoms with E-state index in [4.69, 9.17) is 0 Å². The number of likely N-dealkylation sites (N-methyl/N-ethyl adjacent to an activating group) is 2. The summed E-state index contributed by atoms with van der Waals surface area (Å²) < 4.78 is 0. The zero-order chi connectivity index (χ0) is 16.0. The summed E-state index contributed by atoms with van der Waals surface area (Å²) in [5.74, 6) is 0.766. The monoisotopic (exact) mass is 290 g/mol. The maximum Gasteiger partial charge on any atom is 0.0452 e. The quantitative estimate of drug-likeness (QED) is 0.770. The van der Waals surface area contributed by atoms with Gasteiger partial charge in [-0.1, -0.05) is 44.9 Å². The minimum absolute atomic E-state index is 0.412. The second-order valence-corrected chi connectivity index (χ2v) is 6.52. The van der Waals surface area contributed by atoms with Crippen molar-refractivity contribution in [3.63, 3.8) is 0 Å². The largest absolute Gasteiger partial charge is 0.312 e. The lowest BCUT2D eigenvalue weighted by Gasteiger charge is -2.30. The van der Waals surface area contributed by atoms with Gasteiger partial charge in [-0.2, -0.15) is 0 Å². The molecule has 2 unspecified atom stereocenters. The fourth-order valence-electron chi connectivity index (χ4n) is 3.23. The Labute approximate surface area is 131 Å². The van der Waals surface area contributed by atoms with Gasteiger partial charge in [-0.05, 0) is 57.0 Å². The van der Waals surface area contributed by atoms with Crippen molar-refractivity contribution in [2.45, 2.75) is 54.0 Å². The summed E-state index contributed by atoms with van der Waals surface area (Å²) in [7, 11) is 2.08. The number of rotatable bonds is 8. The third-order valence-electron chi connectivity index (χ3n) is 4.59. The van der Waals surface area contributed by atoms with Crippen LogP contribution in [-0.4, -0.2) is 31.6 Å². The van der Waals surface area contributed by atoms with Gasteiger partial charge in [0.15, 0.2) is 0 Å². The van der Waals surface area contributed by atoms with Crippen LogP contribution >= 0.6 is 0 Å². The second-order valence-electron chi connectivity index (χ2n) is 6.52. The highest BCUT2D eigenvalue weighted by Crippen LogP contribution is 2.24. The van der Waals surface area contributed by atoms with E-state index in [-0.39, 0.29) is 0 Å². The van der Waals surface area contributed by atoms with Crippen molar-refractivity contribution < 1.29 is 0 Å². The van der Waals surface area contributed by atoms with Crippen LogP contribution < -0.4 is 5.32 Å². The Kier molecular flexibility index (Phi) is 7.41. The first-order valence-electron chi connectivity index (χ1n) is 8.40. The number of nitrogens with one attached hydrogen (secondary N) is 1. The predicted molar refractivity (Wildman–Crippen MR) is 94.0 cm³/mol. The molecule has 1 aromatic rings. The van der Waals surface area contributed by atoms with Crippen molar-refractivity contribution in [2.24, 2.45) is 5.92 Å². The Morgan fingerprint density at radius 2 is 1.62 bits per heavy atom. The van der Waals surface area contributed by atoms with E-state index < -0.39 is 0 Å². The third kappa shape index (κ3) is 5.12. The van der Waals surface area contributed by atoms with Gasteiger partial charge < -0.3 is 10.2 Å². The molecule has 0 saturated carbocycles. The van der Waals surface area contributed by atoms with Gasteiger partial charge in [-0.15, -0.1) is 0 Å². The Balaban J connectivity index is 2.92. The predicted octanol–water partition coefficient (Wildman–Crippen LogP) is 4.24. The van der Waals surface area contributed by atoms with Crippen molar-refractivity contribution in [2.75, 3.05) is 26.7 Å². The first-order valence-corrected chi connectivity index (χ1v) is 8.40. The Morgan fingerprint density at radius 1 is 1.05 bits per heavy atom. The lowest BCUT2D eigenvalue weighted by molar-refractivity contribution is 0.223. The number of aryl methyl sites for hydroxylation is 3. The van der Waals surface area contributed by atoms with Crippen LogP contribution in [0.2, 0.25) is 0 Å². The van der Waals surface area contributed by atoms with Crippen molar-refractivity contribution in [3.05, 3.63) is 34.4 Å². The van der Waals surface area contributed by atoms with E-state index in [0.717, 1.165) is 19.0 Å². The summed E-state index contributed by atoms with van der Waals surface area (Å²) in [4.78, 5) is 2.58. The molecule has 2 atom stereocenters. The summed E-state index contributed by atoms with van der Waals surface area (Å²) in [6, 6.07) is 5.02. The molecule has 1 aromatic carbocycles. The van der Waals surface area contributed by atoms with Crippen LogP contribution in [0.15, 0.2) is 12.1 Å². The highest BCUT2D eigenvalue weighted by molar-refractivity contribution is 5.39. The summed E-state index contributed by atoms with van der Waals surface area (Å²) in [6.45, 7) is 16.9. The molecule has 2 heteroatoms. The van der Waals surface area contributed by atoms with Crippen molar-refractivity contribution in [3.8, 4) is 0 Å². The van der Waals surface area contributed by atoms with E-state index in [1.54, 1.807) is 0 Å². The van der Waals surface area contributed by atoms with E-state index in [2.05, 4.69) is 70.9 Å².